The molecule has 2 heterocycles. The Morgan fingerprint density at radius 2 is 1.90 bits per heavy atom. The summed E-state index contributed by atoms with van der Waals surface area (Å²) in [7, 11) is 1.54. The van der Waals surface area contributed by atoms with Gasteiger partial charge < -0.3 is 15.2 Å². The molecule has 0 saturated carbocycles. The molecule has 3 rings (SSSR count). The highest BCUT2D eigenvalue weighted by Crippen LogP contribution is 2.31. The number of hydrogen-bond donors (Lipinski definition) is 2. The number of hydrogen-bond acceptors (Lipinski definition) is 7. The Labute approximate surface area is 175 Å². The van der Waals surface area contributed by atoms with E-state index in [1.165, 1.54) is 0 Å². The molecule has 0 fully saturated rings. The maximum absolute atomic E-state index is 12.1. The molecule has 0 aliphatic carbocycles. The fourth-order valence-corrected chi connectivity index (χ4v) is 3.03. The van der Waals surface area contributed by atoms with E-state index >= 15 is 0 Å². The van der Waals surface area contributed by atoms with Gasteiger partial charge in [0.25, 0.3) is 0 Å². The molecule has 158 valence electrons. The lowest BCUT2D eigenvalue weighted by Crippen LogP contribution is -2.27. The van der Waals surface area contributed by atoms with Crippen LogP contribution in [0.1, 0.15) is 39.8 Å². The zero-order valence-electron chi connectivity index (χ0n) is 17.9. The number of nitrogen functional groups attached to an aromatic ring is 1. The lowest BCUT2D eigenvalue weighted by atomic mass is 10.1. The Hall–Kier alpha value is -3.42. The maximum atomic E-state index is 12.1. The first-order valence-electron chi connectivity index (χ1n) is 9.81. The SMILES string of the molecule is CCCc1nc(N)nc2ccc(-c3ccc(NC(=O)OC(C)(C)C)c(OC)c3)nc12. The van der Waals surface area contributed by atoms with E-state index < -0.39 is 11.7 Å². The molecule has 0 saturated heterocycles. The summed E-state index contributed by atoms with van der Waals surface area (Å²) in [5, 5.41) is 2.72. The topological polar surface area (TPSA) is 112 Å². The average molecular weight is 409 g/mol. The van der Waals surface area contributed by atoms with E-state index in [0.717, 1.165) is 35.3 Å². The highest BCUT2D eigenvalue weighted by molar-refractivity contribution is 5.88. The standard InChI is InChI=1S/C22H27N5O3/c1-6-7-16-19-17(26-20(23)25-16)11-10-14(24-19)13-8-9-15(18(12-13)29-5)27-21(28)30-22(2,3)4/h8-12H,6-7H2,1-5H3,(H,27,28)(H2,23,25,26). The van der Waals surface area contributed by atoms with Gasteiger partial charge >= 0.3 is 6.09 Å². The lowest BCUT2D eigenvalue weighted by molar-refractivity contribution is 0.0635. The van der Waals surface area contributed by atoms with Gasteiger partial charge in [0.2, 0.25) is 5.95 Å². The summed E-state index contributed by atoms with van der Waals surface area (Å²) in [5.74, 6) is 0.752. The molecule has 3 aromatic rings. The average Bonchev–Trinajstić information content (AvgIpc) is 2.66. The summed E-state index contributed by atoms with van der Waals surface area (Å²) in [6.07, 6.45) is 1.15. The second kappa shape index (κ2) is 8.52. The monoisotopic (exact) mass is 409 g/mol. The van der Waals surface area contributed by atoms with Crippen LogP contribution in [0, 0.1) is 0 Å². The molecule has 3 N–H and O–H groups in total. The largest absolute Gasteiger partial charge is 0.495 e. The van der Waals surface area contributed by atoms with E-state index in [0.29, 0.717) is 17.0 Å². The number of pyridine rings is 1. The predicted molar refractivity (Wildman–Crippen MR) is 118 cm³/mol. The predicted octanol–water partition coefficient (Wildman–Crippen LogP) is 4.58. The number of aromatic nitrogens is 3. The van der Waals surface area contributed by atoms with Crippen molar-refractivity contribution in [3.63, 3.8) is 0 Å². The summed E-state index contributed by atoms with van der Waals surface area (Å²) in [6, 6.07) is 9.20. The Bertz CT molecular complexity index is 1080. The van der Waals surface area contributed by atoms with Gasteiger partial charge in [-0.3, -0.25) is 5.32 Å². The number of anilines is 2. The Balaban J connectivity index is 1.96. The maximum Gasteiger partial charge on any atom is 0.412 e. The van der Waals surface area contributed by atoms with Gasteiger partial charge in [0.15, 0.2) is 0 Å². The summed E-state index contributed by atoms with van der Waals surface area (Å²) in [5.41, 5.74) is 9.61. The van der Waals surface area contributed by atoms with Crippen molar-refractivity contribution in [3.05, 3.63) is 36.0 Å². The minimum atomic E-state index is -0.589. The number of benzene rings is 1. The molecule has 0 aliphatic rings. The number of carbonyl (C=O) groups excluding carboxylic acids is 1. The molecule has 0 unspecified atom stereocenters. The number of fused-ring (bicyclic) bond motifs is 1. The molecule has 0 radical (unpaired) electrons. The van der Waals surface area contributed by atoms with Crippen LogP contribution < -0.4 is 15.8 Å². The molecule has 1 aromatic carbocycles. The quantitative estimate of drug-likeness (QED) is 0.634. The molecule has 0 bridgehead atoms. The Morgan fingerprint density at radius 1 is 1.13 bits per heavy atom. The van der Waals surface area contributed by atoms with E-state index in [9.17, 15) is 4.79 Å². The van der Waals surface area contributed by atoms with Crippen LogP contribution in [0.3, 0.4) is 0 Å². The smallest absolute Gasteiger partial charge is 0.412 e. The molecule has 30 heavy (non-hydrogen) atoms. The number of methoxy groups -OCH3 is 1. The summed E-state index contributed by atoms with van der Waals surface area (Å²) >= 11 is 0. The summed E-state index contributed by atoms with van der Waals surface area (Å²) < 4.78 is 10.8. The third-order valence-electron chi connectivity index (χ3n) is 4.25. The second-order valence-electron chi connectivity index (χ2n) is 7.88. The number of amides is 1. The number of aryl methyl sites for hydroxylation is 1. The van der Waals surface area contributed by atoms with Gasteiger partial charge in [-0.25, -0.2) is 19.7 Å². The van der Waals surface area contributed by atoms with E-state index in [1.807, 2.05) is 45.0 Å². The van der Waals surface area contributed by atoms with Gasteiger partial charge in [0.05, 0.1) is 29.7 Å². The van der Waals surface area contributed by atoms with Gasteiger partial charge in [0.1, 0.15) is 16.9 Å². The van der Waals surface area contributed by atoms with Crippen LogP contribution >= 0.6 is 0 Å². The highest BCUT2D eigenvalue weighted by Gasteiger charge is 2.18. The second-order valence-corrected chi connectivity index (χ2v) is 7.88. The van der Waals surface area contributed by atoms with Crippen LogP contribution in [0.15, 0.2) is 30.3 Å². The van der Waals surface area contributed by atoms with E-state index in [1.54, 1.807) is 13.2 Å². The van der Waals surface area contributed by atoms with Crippen molar-refractivity contribution in [3.8, 4) is 17.0 Å². The van der Waals surface area contributed by atoms with Crippen LogP contribution in [-0.4, -0.2) is 33.8 Å². The van der Waals surface area contributed by atoms with Crippen molar-refractivity contribution in [2.45, 2.75) is 46.1 Å². The Kier molecular flexibility index (Phi) is 6.05. The number of rotatable bonds is 5. The van der Waals surface area contributed by atoms with E-state index in [2.05, 4.69) is 22.2 Å². The van der Waals surface area contributed by atoms with E-state index in [4.69, 9.17) is 20.2 Å². The van der Waals surface area contributed by atoms with Crippen molar-refractivity contribution in [2.75, 3.05) is 18.2 Å². The molecular weight excluding hydrogens is 382 g/mol. The molecule has 2 aromatic heterocycles. The van der Waals surface area contributed by atoms with Gasteiger partial charge in [-0.1, -0.05) is 19.4 Å². The van der Waals surface area contributed by atoms with Crippen LogP contribution in [0.5, 0.6) is 5.75 Å². The molecule has 0 aliphatic heterocycles. The van der Waals surface area contributed by atoms with Gasteiger partial charge in [-0.15, -0.1) is 0 Å². The molecular formula is C22H27N5O3. The van der Waals surface area contributed by atoms with Crippen molar-refractivity contribution in [2.24, 2.45) is 0 Å². The van der Waals surface area contributed by atoms with Crippen molar-refractivity contribution >= 4 is 28.8 Å². The lowest BCUT2D eigenvalue weighted by Gasteiger charge is -2.20. The van der Waals surface area contributed by atoms with Crippen LogP contribution in [0.4, 0.5) is 16.4 Å². The van der Waals surface area contributed by atoms with Crippen LogP contribution in [-0.2, 0) is 11.2 Å². The molecule has 8 nitrogen and oxygen atoms in total. The number of nitrogens with one attached hydrogen (secondary N) is 1. The van der Waals surface area contributed by atoms with Crippen LogP contribution in [0.2, 0.25) is 0 Å². The van der Waals surface area contributed by atoms with Crippen molar-refractivity contribution in [1.82, 2.24) is 15.0 Å². The number of carbonyl (C=O) groups is 1. The normalized spacial score (nSPS) is 11.4. The van der Waals surface area contributed by atoms with Crippen molar-refractivity contribution in [1.29, 1.82) is 0 Å². The first-order chi connectivity index (χ1) is 14.2. The van der Waals surface area contributed by atoms with Gasteiger partial charge in [0, 0.05) is 5.56 Å². The van der Waals surface area contributed by atoms with Gasteiger partial charge in [-0.2, -0.15) is 0 Å². The molecule has 0 spiro atoms. The molecule has 1 amide bonds. The van der Waals surface area contributed by atoms with Crippen LogP contribution in [0.25, 0.3) is 22.3 Å². The number of nitrogens with two attached hydrogens (primary N) is 1. The fraction of sp³-hybridized carbons (Fsp3) is 0.364. The zero-order chi connectivity index (χ0) is 21.9. The summed E-state index contributed by atoms with van der Waals surface area (Å²) in [4.78, 5) is 25.5. The third-order valence-corrected chi connectivity index (χ3v) is 4.25. The zero-order valence-corrected chi connectivity index (χ0v) is 17.9. The molecule has 8 heteroatoms. The van der Waals surface area contributed by atoms with E-state index in [-0.39, 0.29) is 5.95 Å². The summed E-state index contributed by atoms with van der Waals surface area (Å²) in [6.45, 7) is 7.50. The van der Waals surface area contributed by atoms with Crippen molar-refractivity contribution < 1.29 is 14.3 Å². The fourth-order valence-electron chi connectivity index (χ4n) is 3.03. The number of nitrogens with zero attached hydrogens (tertiary/aromatic N) is 3. The molecule has 0 atom stereocenters. The minimum Gasteiger partial charge on any atom is -0.495 e. The minimum absolute atomic E-state index is 0.250. The Morgan fingerprint density at radius 3 is 2.57 bits per heavy atom. The highest BCUT2D eigenvalue weighted by atomic mass is 16.6. The number of ether oxygens (including phenoxy) is 2. The third kappa shape index (κ3) is 4.94. The first-order valence-corrected chi connectivity index (χ1v) is 9.81. The first kappa shape index (κ1) is 21.3. The van der Waals surface area contributed by atoms with Gasteiger partial charge in [-0.05, 0) is 51.5 Å².